The Morgan fingerprint density at radius 3 is 2.18 bits per heavy atom. The number of nitrogens with one attached hydrogen (secondary N) is 1. The molecule has 0 aliphatic rings. The summed E-state index contributed by atoms with van der Waals surface area (Å²) in [6.07, 6.45) is 0.458. The van der Waals surface area contributed by atoms with Crippen LogP contribution in [-0.4, -0.2) is 39.2 Å². The Morgan fingerprint density at radius 2 is 1.61 bits per heavy atom. The summed E-state index contributed by atoms with van der Waals surface area (Å²) in [4.78, 5) is 22.9. The van der Waals surface area contributed by atoms with Crippen molar-refractivity contribution in [2.45, 2.75) is 17.1 Å². The van der Waals surface area contributed by atoms with Gasteiger partial charge in [-0.1, -0.05) is 12.1 Å². The van der Waals surface area contributed by atoms with Crippen LogP contribution in [0.15, 0.2) is 53.4 Å². The highest BCUT2D eigenvalue weighted by Gasteiger charge is 2.26. The molecule has 0 aliphatic carbocycles. The van der Waals surface area contributed by atoms with Crippen LogP contribution in [0.25, 0.3) is 0 Å². The van der Waals surface area contributed by atoms with Crippen molar-refractivity contribution in [1.82, 2.24) is 5.32 Å². The first-order chi connectivity index (χ1) is 13.2. The number of sulfone groups is 1. The Hall–Kier alpha value is -2.88. The standard InChI is InChI=1S/C18H16F3NO5S/c19-14-5-1-12(2-6-14)9-10-22-16(23)11-27-17(24)13-3-7-15(8-4-13)28(25,26)18(20)21/h1-8,18H,9-11H2,(H,22,23). The Bertz CT molecular complexity index is 929. The van der Waals surface area contributed by atoms with E-state index >= 15 is 0 Å². The van der Waals surface area contributed by atoms with Gasteiger partial charge >= 0.3 is 11.7 Å². The normalized spacial score (nSPS) is 11.3. The number of carbonyl (C=O) groups is 2. The molecule has 0 unspecified atom stereocenters. The fraction of sp³-hybridized carbons (Fsp3) is 0.222. The van der Waals surface area contributed by atoms with E-state index in [0.717, 1.165) is 29.8 Å². The lowest BCUT2D eigenvalue weighted by atomic mass is 10.1. The fourth-order valence-electron chi connectivity index (χ4n) is 2.15. The maximum atomic E-state index is 12.8. The molecular formula is C18H16F3NO5S. The van der Waals surface area contributed by atoms with E-state index in [2.05, 4.69) is 5.32 Å². The Kier molecular flexibility index (Phi) is 7.16. The van der Waals surface area contributed by atoms with E-state index in [9.17, 15) is 31.2 Å². The van der Waals surface area contributed by atoms with Gasteiger partial charge in [0.1, 0.15) is 5.82 Å². The van der Waals surface area contributed by atoms with Gasteiger partial charge in [0, 0.05) is 6.54 Å². The molecule has 6 nitrogen and oxygen atoms in total. The van der Waals surface area contributed by atoms with E-state index in [0.29, 0.717) is 6.42 Å². The number of benzene rings is 2. The number of halogens is 3. The molecule has 0 saturated carbocycles. The molecule has 0 fully saturated rings. The van der Waals surface area contributed by atoms with Crippen LogP contribution in [0.3, 0.4) is 0 Å². The monoisotopic (exact) mass is 415 g/mol. The highest BCUT2D eigenvalue weighted by molar-refractivity contribution is 7.91. The molecule has 1 amide bonds. The van der Waals surface area contributed by atoms with Gasteiger partial charge in [0.2, 0.25) is 9.84 Å². The van der Waals surface area contributed by atoms with E-state index in [1.807, 2.05) is 0 Å². The van der Waals surface area contributed by atoms with Gasteiger partial charge in [0.15, 0.2) is 6.61 Å². The first-order valence-corrected chi connectivity index (χ1v) is 9.55. The second kappa shape index (κ2) is 9.36. The zero-order valence-electron chi connectivity index (χ0n) is 14.4. The van der Waals surface area contributed by atoms with Crippen molar-refractivity contribution in [3.63, 3.8) is 0 Å². The van der Waals surface area contributed by atoms with Crippen molar-refractivity contribution in [1.29, 1.82) is 0 Å². The van der Waals surface area contributed by atoms with Crippen LogP contribution in [0, 0.1) is 5.82 Å². The van der Waals surface area contributed by atoms with Gasteiger partial charge in [-0.25, -0.2) is 17.6 Å². The van der Waals surface area contributed by atoms with E-state index < -0.39 is 39.0 Å². The molecule has 1 N–H and O–H groups in total. The van der Waals surface area contributed by atoms with Crippen molar-refractivity contribution < 1.29 is 35.9 Å². The second-order valence-electron chi connectivity index (χ2n) is 5.63. The molecule has 0 atom stereocenters. The first kappa shape index (κ1) is 21.4. The fourth-order valence-corrected chi connectivity index (χ4v) is 2.87. The molecule has 0 spiro atoms. The van der Waals surface area contributed by atoms with E-state index in [1.165, 1.54) is 12.1 Å². The van der Waals surface area contributed by atoms with E-state index in [-0.39, 0.29) is 17.9 Å². The number of esters is 1. The van der Waals surface area contributed by atoms with Crippen LogP contribution >= 0.6 is 0 Å². The van der Waals surface area contributed by atoms with Crippen LogP contribution < -0.4 is 5.32 Å². The molecular weight excluding hydrogens is 399 g/mol. The predicted octanol–water partition coefficient (Wildman–Crippen LogP) is 2.34. The Morgan fingerprint density at radius 1 is 1.00 bits per heavy atom. The topological polar surface area (TPSA) is 89.5 Å². The maximum Gasteiger partial charge on any atom is 0.341 e. The summed E-state index contributed by atoms with van der Waals surface area (Å²) < 4.78 is 65.1. The lowest BCUT2D eigenvalue weighted by molar-refractivity contribution is -0.124. The summed E-state index contributed by atoms with van der Waals surface area (Å²) in [5, 5.41) is 2.52. The number of hydrogen-bond donors (Lipinski definition) is 1. The van der Waals surface area contributed by atoms with Gasteiger partial charge < -0.3 is 10.1 Å². The van der Waals surface area contributed by atoms with Gasteiger partial charge in [-0.15, -0.1) is 0 Å². The van der Waals surface area contributed by atoms with E-state index in [1.54, 1.807) is 12.1 Å². The molecule has 150 valence electrons. The quantitative estimate of drug-likeness (QED) is 0.669. The molecule has 2 aromatic rings. The minimum absolute atomic E-state index is 0.0904. The minimum atomic E-state index is -4.75. The average Bonchev–Trinajstić information content (AvgIpc) is 2.67. The molecule has 2 aromatic carbocycles. The number of ether oxygens (including phenoxy) is 1. The molecule has 0 bridgehead atoms. The van der Waals surface area contributed by atoms with Gasteiger partial charge in [0.25, 0.3) is 5.91 Å². The van der Waals surface area contributed by atoms with Crippen molar-refractivity contribution in [2.75, 3.05) is 13.2 Å². The molecule has 0 saturated heterocycles. The summed E-state index contributed by atoms with van der Waals surface area (Å²) in [7, 11) is -4.75. The van der Waals surface area contributed by atoms with Crippen molar-refractivity contribution in [3.8, 4) is 0 Å². The molecule has 28 heavy (non-hydrogen) atoms. The van der Waals surface area contributed by atoms with Crippen LogP contribution in [-0.2, 0) is 25.8 Å². The Balaban J connectivity index is 1.79. The van der Waals surface area contributed by atoms with Gasteiger partial charge in [-0.05, 0) is 48.4 Å². The van der Waals surface area contributed by atoms with Gasteiger partial charge in [0.05, 0.1) is 10.5 Å². The zero-order valence-corrected chi connectivity index (χ0v) is 15.2. The third-order valence-electron chi connectivity index (χ3n) is 3.64. The Labute approximate surface area is 159 Å². The summed E-state index contributed by atoms with van der Waals surface area (Å²) in [5.74, 6) is -5.40. The summed E-state index contributed by atoms with van der Waals surface area (Å²) >= 11 is 0. The first-order valence-electron chi connectivity index (χ1n) is 8.00. The molecule has 2 rings (SSSR count). The summed E-state index contributed by atoms with van der Waals surface area (Å²) in [5.41, 5.74) is 0.727. The number of alkyl halides is 2. The zero-order chi connectivity index (χ0) is 20.7. The molecule has 0 radical (unpaired) electrons. The highest BCUT2D eigenvalue weighted by Crippen LogP contribution is 2.18. The van der Waals surface area contributed by atoms with Crippen LogP contribution in [0.2, 0.25) is 0 Å². The molecule has 0 aromatic heterocycles. The van der Waals surface area contributed by atoms with Crippen LogP contribution in [0.5, 0.6) is 0 Å². The third kappa shape index (κ3) is 5.81. The minimum Gasteiger partial charge on any atom is -0.452 e. The largest absolute Gasteiger partial charge is 0.452 e. The van der Waals surface area contributed by atoms with Crippen molar-refractivity contribution in [2.24, 2.45) is 0 Å². The smallest absolute Gasteiger partial charge is 0.341 e. The highest BCUT2D eigenvalue weighted by atomic mass is 32.2. The van der Waals surface area contributed by atoms with Gasteiger partial charge in [-0.2, -0.15) is 8.78 Å². The number of hydrogen-bond acceptors (Lipinski definition) is 5. The summed E-state index contributed by atoms with van der Waals surface area (Å²) in [6, 6.07) is 9.53. The number of rotatable bonds is 8. The SMILES string of the molecule is O=C(COC(=O)c1ccc(S(=O)(=O)C(F)F)cc1)NCCc1ccc(F)cc1. The third-order valence-corrected chi connectivity index (χ3v) is 5.03. The predicted molar refractivity (Wildman–Crippen MR) is 93.0 cm³/mol. The second-order valence-corrected chi connectivity index (χ2v) is 7.55. The van der Waals surface area contributed by atoms with Crippen molar-refractivity contribution in [3.05, 3.63) is 65.5 Å². The van der Waals surface area contributed by atoms with Crippen LogP contribution in [0.1, 0.15) is 15.9 Å². The molecule has 10 heteroatoms. The lowest BCUT2D eigenvalue weighted by Gasteiger charge is -2.08. The number of carbonyl (C=O) groups excluding carboxylic acids is 2. The van der Waals surface area contributed by atoms with Crippen molar-refractivity contribution >= 4 is 21.7 Å². The maximum absolute atomic E-state index is 12.8. The number of amides is 1. The molecule has 0 heterocycles. The summed E-state index contributed by atoms with van der Waals surface area (Å²) in [6.45, 7) is -0.318. The molecule has 0 aliphatic heterocycles. The van der Waals surface area contributed by atoms with Crippen LogP contribution in [0.4, 0.5) is 13.2 Å². The van der Waals surface area contributed by atoms with E-state index in [4.69, 9.17) is 4.74 Å². The lowest BCUT2D eigenvalue weighted by Crippen LogP contribution is -2.30. The average molecular weight is 415 g/mol. The van der Waals surface area contributed by atoms with Gasteiger partial charge in [-0.3, -0.25) is 4.79 Å².